The van der Waals surface area contributed by atoms with Crippen molar-refractivity contribution in [3.05, 3.63) is 35.4 Å². The normalized spacial score (nSPS) is 12.9. The first-order valence-corrected chi connectivity index (χ1v) is 7.35. The van der Waals surface area contributed by atoms with Crippen LogP contribution in [-0.2, 0) is 4.79 Å². The molecule has 0 spiro atoms. The molecule has 3 N–H and O–H groups in total. The lowest BCUT2D eigenvalue weighted by Crippen LogP contribution is -2.47. The lowest BCUT2D eigenvalue weighted by molar-refractivity contribution is -0.128. The number of carbonyl (C=O) groups is 1. The van der Waals surface area contributed by atoms with Gasteiger partial charge in [-0.15, -0.1) is 24.0 Å². The van der Waals surface area contributed by atoms with Crippen LogP contribution < -0.4 is 16.0 Å². The number of aliphatic imine (C=N–C) groups is 1. The molecule has 1 aromatic rings. The minimum Gasteiger partial charge on any atom is -0.359 e. The Bertz CT molecular complexity index is 593. The molecular formula is C16H25F2IN4O. The van der Waals surface area contributed by atoms with Crippen LogP contribution in [0.2, 0.25) is 0 Å². The van der Waals surface area contributed by atoms with Gasteiger partial charge in [0, 0.05) is 20.6 Å². The Labute approximate surface area is 158 Å². The van der Waals surface area contributed by atoms with Gasteiger partial charge in [0.25, 0.3) is 0 Å². The molecule has 1 atom stereocenters. The maximum Gasteiger partial charge on any atom is 0.227 e. The van der Waals surface area contributed by atoms with Gasteiger partial charge in [-0.25, -0.2) is 8.78 Å². The number of halogens is 3. The monoisotopic (exact) mass is 454 g/mol. The van der Waals surface area contributed by atoms with Crippen LogP contribution in [0.5, 0.6) is 0 Å². The lowest BCUT2D eigenvalue weighted by Gasteiger charge is -2.25. The number of guanidine groups is 1. The van der Waals surface area contributed by atoms with Crippen molar-refractivity contribution >= 4 is 35.8 Å². The topological polar surface area (TPSA) is 65.5 Å². The molecule has 0 aromatic heterocycles. The lowest BCUT2D eigenvalue weighted by atomic mass is 9.92. The summed E-state index contributed by atoms with van der Waals surface area (Å²) in [6.07, 6.45) is 0. The highest BCUT2D eigenvalue weighted by molar-refractivity contribution is 14.0. The van der Waals surface area contributed by atoms with Crippen molar-refractivity contribution in [2.75, 3.05) is 20.6 Å². The number of hydrogen-bond acceptors (Lipinski definition) is 2. The summed E-state index contributed by atoms with van der Waals surface area (Å²) >= 11 is 0. The summed E-state index contributed by atoms with van der Waals surface area (Å²) in [5.74, 6) is -1.39. The Balaban J connectivity index is 0.00000529. The maximum absolute atomic E-state index is 13.3. The van der Waals surface area contributed by atoms with E-state index in [2.05, 4.69) is 20.9 Å². The summed E-state index contributed by atoms with van der Waals surface area (Å²) in [5, 5.41) is 8.75. The number of nitrogens with zero attached hydrogens (tertiary/aromatic N) is 1. The van der Waals surface area contributed by atoms with Crippen LogP contribution >= 0.6 is 24.0 Å². The molecule has 1 rings (SSSR count). The molecule has 5 nitrogen and oxygen atoms in total. The van der Waals surface area contributed by atoms with E-state index in [-0.39, 0.29) is 35.9 Å². The van der Waals surface area contributed by atoms with Gasteiger partial charge < -0.3 is 16.0 Å². The van der Waals surface area contributed by atoms with E-state index in [0.29, 0.717) is 18.1 Å². The molecule has 136 valence electrons. The van der Waals surface area contributed by atoms with Gasteiger partial charge in [0.15, 0.2) is 17.6 Å². The molecule has 0 bridgehead atoms. The first-order chi connectivity index (χ1) is 10.7. The van der Waals surface area contributed by atoms with Crippen molar-refractivity contribution < 1.29 is 13.6 Å². The van der Waals surface area contributed by atoms with Crippen molar-refractivity contribution in [3.8, 4) is 0 Å². The zero-order valence-corrected chi connectivity index (χ0v) is 16.9. The van der Waals surface area contributed by atoms with Gasteiger partial charge in [0.2, 0.25) is 5.91 Å². The molecule has 1 amide bonds. The minimum absolute atomic E-state index is 0. The molecular weight excluding hydrogens is 429 g/mol. The number of hydrogen-bond donors (Lipinski definition) is 3. The van der Waals surface area contributed by atoms with Gasteiger partial charge in [-0.3, -0.25) is 9.79 Å². The van der Waals surface area contributed by atoms with Gasteiger partial charge in [-0.05, 0) is 38.5 Å². The van der Waals surface area contributed by atoms with E-state index in [1.165, 1.54) is 6.07 Å². The van der Waals surface area contributed by atoms with Crippen LogP contribution in [0.25, 0.3) is 0 Å². The summed E-state index contributed by atoms with van der Waals surface area (Å²) in [6.45, 7) is 5.80. The van der Waals surface area contributed by atoms with Crippen LogP contribution in [-0.4, -0.2) is 32.5 Å². The second-order valence-electron chi connectivity index (χ2n) is 5.93. The second kappa shape index (κ2) is 9.75. The molecule has 0 heterocycles. The Kier molecular flexibility index (Phi) is 9.16. The predicted octanol–water partition coefficient (Wildman–Crippen LogP) is 2.58. The third-order valence-electron chi connectivity index (χ3n) is 3.56. The summed E-state index contributed by atoms with van der Waals surface area (Å²) < 4.78 is 26.3. The van der Waals surface area contributed by atoms with Gasteiger partial charge in [-0.2, -0.15) is 0 Å². The average molecular weight is 454 g/mol. The molecule has 0 saturated heterocycles. The van der Waals surface area contributed by atoms with Gasteiger partial charge >= 0.3 is 0 Å². The molecule has 0 radical (unpaired) electrons. The fourth-order valence-electron chi connectivity index (χ4n) is 1.99. The molecule has 1 aromatic carbocycles. The van der Waals surface area contributed by atoms with E-state index in [0.717, 1.165) is 12.1 Å². The highest BCUT2D eigenvalue weighted by Gasteiger charge is 2.26. The molecule has 0 saturated carbocycles. The Morgan fingerprint density at radius 3 is 2.42 bits per heavy atom. The van der Waals surface area contributed by atoms with Gasteiger partial charge in [0.05, 0.1) is 11.5 Å². The van der Waals surface area contributed by atoms with E-state index in [9.17, 15) is 13.6 Å². The summed E-state index contributed by atoms with van der Waals surface area (Å²) in [4.78, 5) is 15.8. The Hall–Kier alpha value is -1.45. The maximum atomic E-state index is 13.3. The van der Waals surface area contributed by atoms with Crippen LogP contribution in [0.3, 0.4) is 0 Å². The smallest absolute Gasteiger partial charge is 0.227 e. The van der Waals surface area contributed by atoms with E-state index in [4.69, 9.17) is 0 Å². The predicted molar refractivity (Wildman–Crippen MR) is 103 cm³/mol. The summed E-state index contributed by atoms with van der Waals surface area (Å²) in [7, 11) is 3.18. The number of amides is 1. The number of carbonyl (C=O) groups excluding carboxylic acids is 1. The van der Waals surface area contributed by atoms with Gasteiger partial charge in [0.1, 0.15) is 0 Å². The third-order valence-corrected chi connectivity index (χ3v) is 3.56. The summed E-state index contributed by atoms with van der Waals surface area (Å²) in [6, 6.07) is 3.47. The number of benzene rings is 1. The Morgan fingerprint density at radius 1 is 1.29 bits per heavy atom. The molecule has 8 heteroatoms. The van der Waals surface area contributed by atoms with Gasteiger partial charge in [-0.1, -0.05) is 6.07 Å². The van der Waals surface area contributed by atoms with Crippen LogP contribution in [0, 0.1) is 17.0 Å². The SMILES string of the molecule is CN=C(NCC(C)(C)C(=O)NC)NC(C)c1ccc(F)c(F)c1.I. The molecule has 0 aliphatic carbocycles. The van der Waals surface area contributed by atoms with E-state index >= 15 is 0 Å². The second-order valence-corrected chi connectivity index (χ2v) is 5.93. The number of nitrogens with one attached hydrogen (secondary N) is 3. The van der Waals surface area contributed by atoms with Crippen molar-refractivity contribution in [3.63, 3.8) is 0 Å². The third kappa shape index (κ3) is 6.21. The highest BCUT2D eigenvalue weighted by atomic mass is 127. The zero-order valence-electron chi connectivity index (χ0n) is 14.5. The van der Waals surface area contributed by atoms with E-state index in [1.54, 1.807) is 14.1 Å². The Morgan fingerprint density at radius 2 is 1.92 bits per heavy atom. The highest BCUT2D eigenvalue weighted by Crippen LogP contribution is 2.16. The van der Waals surface area contributed by atoms with Crippen LogP contribution in [0.1, 0.15) is 32.4 Å². The van der Waals surface area contributed by atoms with Crippen molar-refractivity contribution in [2.45, 2.75) is 26.8 Å². The minimum atomic E-state index is -0.889. The standard InChI is InChI=1S/C16H24F2N4O.HI/c1-10(11-6-7-12(17)13(18)8-11)22-15(20-5)21-9-16(2,3)14(23)19-4;/h6-8,10H,9H2,1-5H3,(H,19,23)(H2,20,21,22);1H. The molecule has 24 heavy (non-hydrogen) atoms. The number of rotatable bonds is 5. The van der Waals surface area contributed by atoms with Crippen molar-refractivity contribution in [1.82, 2.24) is 16.0 Å². The van der Waals surface area contributed by atoms with Crippen LogP contribution in [0.4, 0.5) is 8.78 Å². The fraction of sp³-hybridized carbons (Fsp3) is 0.500. The summed E-state index contributed by atoms with van der Waals surface area (Å²) in [5.41, 5.74) is -0.0187. The quantitative estimate of drug-likeness (QED) is 0.364. The first-order valence-electron chi connectivity index (χ1n) is 7.35. The van der Waals surface area contributed by atoms with Crippen molar-refractivity contribution in [2.24, 2.45) is 10.4 Å². The van der Waals surface area contributed by atoms with E-state index in [1.807, 2.05) is 20.8 Å². The largest absolute Gasteiger partial charge is 0.359 e. The fourth-order valence-corrected chi connectivity index (χ4v) is 1.99. The van der Waals surface area contributed by atoms with Crippen molar-refractivity contribution in [1.29, 1.82) is 0 Å². The van der Waals surface area contributed by atoms with Crippen LogP contribution in [0.15, 0.2) is 23.2 Å². The molecule has 0 fully saturated rings. The first kappa shape index (κ1) is 22.6. The van der Waals surface area contributed by atoms with E-state index < -0.39 is 17.0 Å². The molecule has 1 unspecified atom stereocenters. The zero-order chi connectivity index (χ0) is 17.6. The molecule has 0 aliphatic heterocycles. The molecule has 0 aliphatic rings. The average Bonchev–Trinajstić information content (AvgIpc) is 2.52.